The van der Waals surface area contributed by atoms with Gasteiger partial charge in [0.2, 0.25) is 5.91 Å². The minimum atomic E-state index is 0.320. The van der Waals surface area contributed by atoms with Crippen molar-refractivity contribution >= 4 is 5.91 Å². The molecule has 3 aliphatic rings. The van der Waals surface area contributed by atoms with Crippen LogP contribution in [0.25, 0.3) is 0 Å². The molecule has 2 aliphatic carbocycles. The average Bonchev–Trinajstić information content (AvgIpc) is 3.02. The minimum Gasteiger partial charge on any atom is -0.342 e. The highest BCUT2D eigenvalue weighted by molar-refractivity contribution is 5.78. The van der Waals surface area contributed by atoms with Crippen molar-refractivity contribution in [2.75, 3.05) is 19.6 Å². The SMILES string of the molecule is O=C(CNC1CCC2(CCCCC2)CC1)N1CCCC1. The summed E-state index contributed by atoms with van der Waals surface area (Å²) in [6.45, 7) is 2.53. The second-order valence-corrected chi connectivity index (χ2v) is 7.30. The molecule has 3 fully saturated rings. The number of rotatable bonds is 3. The van der Waals surface area contributed by atoms with Gasteiger partial charge in [-0.25, -0.2) is 0 Å². The van der Waals surface area contributed by atoms with Crippen molar-refractivity contribution in [2.24, 2.45) is 5.41 Å². The third-order valence-corrected chi connectivity index (χ3v) is 5.96. The van der Waals surface area contributed by atoms with Gasteiger partial charge in [0.1, 0.15) is 0 Å². The molecule has 1 saturated heterocycles. The van der Waals surface area contributed by atoms with Crippen LogP contribution in [0.15, 0.2) is 0 Å². The quantitative estimate of drug-likeness (QED) is 0.860. The van der Waals surface area contributed by atoms with Crippen molar-refractivity contribution in [1.29, 1.82) is 0 Å². The Kier molecular flexibility index (Phi) is 4.65. The summed E-state index contributed by atoms with van der Waals surface area (Å²) in [7, 11) is 0. The van der Waals surface area contributed by atoms with Crippen LogP contribution in [0.5, 0.6) is 0 Å². The smallest absolute Gasteiger partial charge is 0.236 e. The molecule has 2 saturated carbocycles. The van der Waals surface area contributed by atoms with Gasteiger partial charge in [-0.2, -0.15) is 0 Å². The Labute approximate surface area is 123 Å². The standard InChI is InChI=1S/C17H30N2O/c20-16(19-12-4-5-13-19)14-18-15-6-10-17(11-7-15)8-2-1-3-9-17/h15,18H,1-14H2. The lowest BCUT2D eigenvalue weighted by molar-refractivity contribution is -0.129. The molecular formula is C17H30N2O. The van der Waals surface area contributed by atoms with Crippen LogP contribution in [-0.4, -0.2) is 36.5 Å². The Morgan fingerprint density at radius 2 is 1.60 bits per heavy atom. The lowest BCUT2D eigenvalue weighted by atomic mass is 9.64. The fourth-order valence-electron chi connectivity index (χ4n) is 4.55. The van der Waals surface area contributed by atoms with E-state index in [-0.39, 0.29) is 0 Å². The lowest BCUT2D eigenvalue weighted by Crippen LogP contribution is -2.43. The molecule has 20 heavy (non-hydrogen) atoms. The molecule has 0 aromatic carbocycles. The van der Waals surface area contributed by atoms with E-state index in [1.165, 1.54) is 70.6 Å². The van der Waals surface area contributed by atoms with Crippen molar-refractivity contribution < 1.29 is 4.79 Å². The van der Waals surface area contributed by atoms with E-state index in [4.69, 9.17) is 0 Å². The molecule has 0 aromatic heterocycles. The van der Waals surface area contributed by atoms with Crippen LogP contribution in [-0.2, 0) is 4.79 Å². The van der Waals surface area contributed by atoms with E-state index >= 15 is 0 Å². The van der Waals surface area contributed by atoms with E-state index < -0.39 is 0 Å². The first-order chi connectivity index (χ1) is 9.77. The summed E-state index contributed by atoms with van der Waals surface area (Å²) in [5.41, 5.74) is 0.690. The molecule has 0 bridgehead atoms. The summed E-state index contributed by atoms with van der Waals surface area (Å²) in [5, 5.41) is 3.53. The predicted molar refractivity (Wildman–Crippen MR) is 81.6 cm³/mol. The molecule has 3 rings (SSSR count). The molecule has 1 heterocycles. The molecule has 3 heteroatoms. The topological polar surface area (TPSA) is 32.3 Å². The van der Waals surface area contributed by atoms with E-state index in [9.17, 15) is 4.79 Å². The maximum absolute atomic E-state index is 12.0. The Morgan fingerprint density at radius 1 is 0.950 bits per heavy atom. The van der Waals surface area contributed by atoms with Crippen molar-refractivity contribution in [3.63, 3.8) is 0 Å². The molecule has 0 aromatic rings. The van der Waals surface area contributed by atoms with Crippen molar-refractivity contribution in [3.05, 3.63) is 0 Å². The van der Waals surface area contributed by atoms with E-state index in [1.807, 2.05) is 4.90 Å². The first-order valence-electron chi connectivity index (χ1n) is 8.79. The van der Waals surface area contributed by atoms with Gasteiger partial charge in [0.15, 0.2) is 0 Å². The lowest BCUT2D eigenvalue weighted by Gasteiger charge is -2.43. The van der Waals surface area contributed by atoms with Crippen LogP contribution in [0.1, 0.15) is 70.6 Å². The van der Waals surface area contributed by atoms with Gasteiger partial charge in [-0.3, -0.25) is 4.79 Å². The summed E-state index contributed by atoms with van der Waals surface area (Å²) < 4.78 is 0. The summed E-state index contributed by atoms with van der Waals surface area (Å²) in [6, 6.07) is 0.592. The minimum absolute atomic E-state index is 0.320. The van der Waals surface area contributed by atoms with E-state index in [0.717, 1.165) is 13.1 Å². The Bertz CT molecular complexity index is 320. The van der Waals surface area contributed by atoms with Gasteiger partial charge in [-0.15, -0.1) is 0 Å². The fraction of sp³-hybridized carbons (Fsp3) is 0.941. The van der Waals surface area contributed by atoms with Crippen molar-refractivity contribution in [3.8, 4) is 0 Å². The summed E-state index contributed by atoms with van der Waals surface area (Å²) in [6.07, 6.45) is 15.0. The van der Waals surface area contributed by atoms with Crippen LogP contribution >= 0.6 is 0 Å². The van der Waals surface area contributed by atoms with Gasteiger partial charge in [0.25, 0.3) is 0 Å². The highest BCUT2D eigenvalue weighted by Crippen LogP contribution is 2.47. The van der Waals surface area contributed by atoms with Crippen LogP contribution in [0.4, 0.5) is 0 Å². The second kappa shape index (κ2) is 6.46. The molecular weight excluding hydrogens is 248 g/mol. The highest BCUT2D eigenvalue weighted by atomic mass is 16.2. The van der Waals surface area contributed by atoms with Gasteiger partial charge in [0, 0.05) is 19.1 Å². The summed E-state index contributed by atoms with van der Waals surface area (Å²) in [4.78, 5) is 14.1. The zero-order chi connectivity index (χ0) is 13.8. The van der Waals surface area contributed by atoms with E-state index in [2.05, 4.69) is 5.32 Å². The third kappa shape index (κ3) is 3.36. The monoisotopic (exact) mass is 278 g/mol. The van der Waals surface area contributed by atoms with Gasteiger partial charge in [-0.05, 0) is 56.8 Å². The van der Waals surface area contributed by atoms with Gasteiger partial charge in [-0.1, -0.05) is 19.3 Å². The largest absolute Gasteiger partial charge is 0.342 e. The molecule has 114 valence electrons. The van der Waals surface area contributed by atoms with Gasteiger partial charge < -0.3 is 10.2 Å². The summed E-state index contributed by atoms with van der Waals surface area (Å²) in [5.74, 6) is 0.320. The number of nitrogens with zero attached hydrogens (tertiary/aromatic N) is 1. The zero-order valence-electron chi connectivity index (χ0n) is 12.8. The first kappa shape index (κ1) is 14.4. The van der Waals surface area contributed by atoms with Crippen LogP contribution in [0.2, 0.25) is 0 Å². The molecule has 1 spiro atoms. The van der Waals surface area contributed by atoms with Gasteiger partial charge >= 0.3 is 0 Å². The van der Waals surface area contributed by atoms with Crippen molar-refractivity contribution in [2.45, 2.75) is 76.7 Å². The number of carbonyl (C=O) groups is 1. The third-order valence-electron chi connectivity index (χ3n) is 5.96. The van der Waals surface area contributed by atoms with Gasteiger partial charge in [0.05, 0.1) is 6.54 Å². The Hall–Kier alpha value is -0.570. The molecule has 1 aliphatic heterocycles. The average molecular weight is 278 g/mol. The summed E-state index contributed by atoms with van der Waals surface area (Å²) >= 11 is 0. The van der Waals surface area contributed by atoms with Crippen LogP contribution < -0.4 is 5.32 Å². The fourth-order valence-corrected chi connectivity index (χ4v) is 4.55. The van der Waals surface area contributed by atoms with E-state index in [0.29, 0.717) is 23.9 Å². The molecule has 0 atom stereocenters. The number of likely N-dealkylation sites (tertiary alicyclic amines) is 1. The van der Waals surface area contributed by atoms with E-state index in [1.54, 1.807) is 0 Å². The molecule has 1 N–H and O–H groups in total. The van der Waals surface area contributed by atoms with Crippen LogP contribution in [0.3, 0.4) is 0 Å². The Balaban J connectivity index is 1.39. The molecule has 0 unspecified atom stereocenters. The number of carbonyl (C=O) groups excluding carboxylic acids is 1. The van der Waals surface area contributed by atoms with Crippen molar-refractivity contribution in [1.82, 2.24) is 10.2 Å². The highest BCUT2D eigenvalue weighted by Gasteiger charge is 2.36. The first-order valence-corrected chi connectivity index (χ1v) is 8.79. The number of hydrogen-bond acceptors (Lipinski definition) is 2. The molecule has 0 radical (unpaired) electrons. The Morgan fingerprint density at radius 3 is 2.25 bits per heavy atom. The second-order valence-electron chi connectivity index (χ2n) is 7.30. The number of hydrogen-bond donors (Lipinski definition) is 1. The number of amides is 1. The maximum Gasteiger partial charge on any atom is 0.236 e. The normalized spacial score (nSPS) is 27.1. The molecule has 1 amide bonds. The molecule has 3 nitrogen and oxygen atoms in total. The van der Waals surface area contributed by atoms with Crippen LogP contribution in [0, 0.1) is 5.41 Å². The predicted octanol–water partition coefficient (Wildman–Crippen LogP) is 3.09. The number of nitrogens with one attached hydrogen (secondary N) is 1. The zero-order valence-corrected chi connectivity index (χ0v) is 12.8. The maximum atomic E-state index is 12.0.